The van der Waals surface area contributed by atoms with Gasteiger partial charge >= 0.3 is 0 Å². The summed E-state index contributed by atoms with van der Waals surface area (Å²) in [6, 6.07) is 8.88. The fourth-order valence-corrected chi connectivity index (χ4v) is 2.27. The highest BCUT2D eigenvalue weighted by molar-refractivity contribution is 7.27. The molecule has 0 aliphatic heterocycles. The maximum absolute atomic E-state index is 2.74. The summed E-state index contributed by atoms with van der Waals surface area (Å²) < 4.78 is 0. The molecular formula is C15H25P. The molecule has 90 valence electrons. The molecule has 1 rings (SSSR count). The molecule has 0 fully saturated rings. The van der Waals surface area contributed by atoms with Crippen molar-refractivity contribution in [1.82, 2.24) is 0 Å². The van der Waals surface area contributed by atoms with Gasteiger partial charge in [0, 0.05) is 0 Å². The summed E-state index contributed by atoms with van der Waals surface area (Å²) in [4.78, 5) is 0. The van der Waals surface area contributed by atoms with Crippen molar-refractivity contribution in [1.29, 1.82) is 0 Å². The highest BCUT2D eigenvalue weighted by Crippen LogP contribution is 2.15. The smallest absolute Gasteiger partial charge is 0.0253 e. The summed E-state index contributed by atoms with van der Waals surface area (Å²) in [6.07, 6.45) is 8.15. The second kappa shape index (κ2) is 7.85. The van der Waals surface area contributed by atoms with E-state index in [4.69, 9.17) is 0 Å². The van der Waals surface area contributed by atoms with Gasteiger partial charge in [0.15, 0.2) is 0 Å². The van der Waals surface area contributed by atoms with Gasteiger partial charge in [-0.05, 0) is 23.2 Å². The molecule has 0 saturated carbocycles. The van der Waals surface area contributed by atoms with Gasteiger partial charge in [0.1, 0.15) is 0 Å². The van der Waals surface area contributed by atoms with Crippen LogP contribution in [0.25, 0.3) is 0 Å². The van der Waals surface area contributed by atoms with Gasteiger partial charge in [-0.3, -0.25) is 0 Å². The highest BCUT2D eigenvalue weighted by Gasteiger charge is 2.03. The number of unbranched alkanes of at least 4 members (excludes halogenated alkanes) is 3. The van der Waals surface area contributed by atoms with Crippen LogP contribution in [-0.4, -0.2) is 0 Å². The van der Waals surface area contributed by atoms with E-state index >= 15 is 0 Å². The Morgan fingerprint density at radius 1 is 1.06 bits per heavy atom. The normalized spacial score (nSPS) is 12.7. The molecule has 0 aromatic heterocycles. The van der Waals surface area contributed by atoms with Crippen molar-refractivity contribution < 1.29 is 0 Å². The third-order valence-electron chi connectivity index (χ3n) is 3.11. The average Bonchev–Trinajstić information content (AvgIpc) is 2.28. The Morgan fingerprint density at radius 3 is 2.38 bits per heavy atom. The van der Waals surface area contributed by atoms with Gasteiger partial charge in [-0.15, -0.1) is 9.24 Å². The Balaban J connectivity index is 2.23. The summed E-state index contributed by atoms with van der Waals surface area (Å²) in [7, 11) is 2.74. The number of hydrogen-bond donors (Lipinski definition) is 0. The molecular weight excluding hydrogens is 211 g/mol. The van der Waals surface area contributed by atoms with Crippen molar-refractivity contribution in [3.8, 4) is 0 Å². The van der Waals surface area contributed by atoms with Crippen LogP contribution in [0.2, 0.25) is 0 Å². The first-order valence-corrected chi connectivity index (χ1v) is 7.14. The van der Waals surface area contributed by atoms with E-state index in [0.717, 1.165) is 5.92 Å². The lowest BCUT2D eigenvalue weighted by atomic mass is 9.95. The predicted octanol–water partition coefficient (Wildman–Crippen LogP) is 4.34. The molecule has 0 nitrogen and oxygen atoms in total. The summed E-state index contributed by atoms with van der Waals surface area (Å²) in [5.41, 5.74) is 1.48. The lowest BCUT2D eigenvalue weighted by Crippen LogP contribution is -2.01. The van der Waals surface area contributed by atoms with Crippen LogP contribution in [0.1, 0.15) is 51.5 Å². The molecule has 1 aromatic rings. The van der Waals surface area contributed by atoms with Gasteiger partial charge in [-0.2, -0.15) is 0 Å². The minimum atomic E-state index is 0.826. The average molecular weight is 236 g/mol. The van der Waals surface area contributed by atoms with E-state index < -0.39 is 0 Å². The first kappa shape index (κ1) is 13.7. The first-order valence-electron chi connectivity index (χ1n) is 6.56. The molecule has 0 amide bonds. The second-order valence-electron chi connectivity index (χ2n) is 4.90. The quantitative estimate of drug-likeness (QED) is 0.488. The molecule has 0 aliphatic carbocycles. The lowest BCUT2D eigenvalue weighted by Gasteiger charge is -2.11. The molecule has 16 heavy (non-hydrogen) atoms. The summed E-state index contributed by atoms with van der Waals surface area (Å²) in [5, 5.41) is 1.28. The molecule has 0 saturated heterocycles. The molecule has 0 radical (unpaired) electrons. The van der Waals surface area contributed by atoms with Crippen LogP contribution in [0.15, 0.2) is 24.3 Å². The predicted molar refractivity (Wildman–Crippen MR) is 77.4 cm³/mol. The van der Waals surface area contributed by atoms with Crippen molar-refractivity contribution >= 4 is 14.5 Å². The van der Waals surface area contributed by atoms with E-state index in [1.165, 1.54) is 49.4 Å². The van der Waals surface area contributed by atoms with E-state index in [-0.39, 0.29) is 0 Å². The molecule has 0 aliphatic rings. The molecule has 0 bridgehead atoms. The SMILES string of the molecule is CCCCCCC(C)Cc1ccc(P)cc1. The van der Waals surface area contributed by atoms with Gasteiger partial charge in [0.05, 0.1) is 0 Å². The van der Waals surface area contributed by atoms with Gasteiger partial charge in [0.2, 0.25) is 0 Å². The van der Waals surface area contributed by atoms with Crippen LogP contribution >= 0.6 is 9.24 Å². The largest absolute Gasteiger partial charge is 0.106 e. The fraction of sp³-hybridized carbons (Fsp3) is 0.600. The summed E-state index contributed by atoms with van der Waals surface area (Å²) in [5.74, 6) is 0.826. The third-order valence-corrected chi connectivity index (χ3v) is 3.50. The van der Waals surface area contributed by atoms with E-state index in [9.17, 15) is 0 Å². The zero-order valence-corrected chi connectivity index (χ0v) is 11.9. The van der Waals surface area contributed by atoms with Crippen LogP contribution in [0, 0.1) is 5.92 Å². The Morgan fingerprint density at radius 2 is 1.75 bits per heavy atom. The Labute approximate surface area is 103 Å². The van der Waals surface area contributed by atoms with Crippen molar-refractivity contribution in [2.24, 2.45) is 5.92 Å². The van der Waals surface area contributed by atoms with Gasteiger partial charge in [0.25, 0.3) is 0 Å². The molecule has 1 aromatic carbocycles. The Kier molecular flexibility index (Phi) is 6.73. The van der Waals surface area contributed by atoms with Crippen molar-refractivity contribution in [3.63, 3.8) is 0 Å². The fourth-order valence-electron chi connectivity index (χ4n) is 2.08. The maximum Gasteiger partial charge on any atom is -0.0253 e. The van der Waals surface area contributed by atoms with Crippen LogP contribution in [0.4, 0.5) is 0 Å². The maximum atomic E-state index is 2.74. The van der Waals surface area contributed by atoms with Crippen molar-refractivity contribution in [2.75, 3.05) is 0 Å². The zero-order valence-electron chi connectivity index (χ0n) is 10.7. The topological polar surface area (TPSA) is 0 Å². The standard InChI is InChI=1S/C15H25P/c1-3-4-5-6-7-13(2)12-14-8-10-15(16)11-9-14/h8-11,13H,3-7,12,16H2,1-2H3. The molecule has 2 atom stereocenters. The Hall–Kier alpha value is -0.350. The summed E-state index contributed by atoms with van der Waals surface area (Å²) >= 11 is 0. The first-order chi connectivity index (χ1) is 7.72. The third kappa shape index (κ3) is 5.66. The molecule has 0 heterocycles. The summed E-state index contributed by atoms with van der Waals surface area (Å²) in [6.45, 7) is 4.65. The lowest BCUT2D eigenvalue weighted by molar-refractivity contribution is 0.487. The van der Waals surface area contributed by atoms with Gasteiger partial charge in [-0.25, -0.2) is 0 Å². The molecule has 0 spiro atoms. The van der Waals surface area contributed by atoms with Crippen LogP contribution in [0.3, 0.4) is 0 Å². The molecule has 1 heteroatoms. The van der Waals surface area contributed by atoms with Crippen LogP contribution in [-0.2, 0) is 6.42 Å². The van der Waals surface area contributed by atoms with E-state index in [1.807, 2.05) is 0 Å². The monoisotopic (exact) mass is 236 g/mol. The van der Waals surface area contributed by atoms with Gasteiger partial charge < -0.3 is 0 Å². The zero-order chi connectivity index (χ0) is 11.8. The molecule has 0 N–H and O–H groups in total. The van der Waals surface area contributed by atoms with Crippen LogP contribution in [0.5, 0.6) is 0 Å². The minimum Gasteiger partial charge on any atom is -0.106 e. The highest BCUT2D eigenvalue weighted by atomic mass is 31.0. The number of hydrogen-bond acceptors (Lipinski definition) is 0. The van der Waals surface area contributed by atoms with Gasteiger partial charge in [-0.1, -0.05) is 70.2 Å². The van der Waals surface area contributed by atoms with Crippen molar-refractivity contribution in [2.45, 2.75) is 52.4 Å². The molecule has 2 unspecified atom stereocenters. The number of rotatable bonds is 7. The van der Waals surface area contributed by atoms with E-state index in [2.05, 4.69) is 47.4 Å². The Bertz CT molecular complexity index is 276. The van der Waals surface area contributed by atoms with Crippen LogP contribution < -0.4 is 5.30 Å². The minimum absolute atomic E-state index is 0.826. The van der Waals surface area contributed by atoms with Crippen molar-refractivity contribution in [3.05, 3.63) is 29.8 Å². The second-order valence-corrected chi connectivity index (χ2v) is 5.57. The number of benzene rings is 1. The van der Waals surface area contributed by atoms with E-state index in [0.29, 0.717) is 0 Å². The van der Waals surface area contributed by atoms with E-state index in [1.54, 1.807) is 0 Å².